The Morgan fingerprint density at radius 2 is 2.00 bits per heavy atom. The Kier molecular flexibility index (Phi) is 2.40. The lowest BCUT2D eigenvalue weighted by Crippen LogP contribution is -2.30. The van der Waals surface area contributed by atoms with Crippen molar-refractivity contribution in [3.63, 3.8) is 0 Å². The van der Waals surface area contributed by atoms with Crippen LogP contribution in [0.5, 0.6) is 0 Å². The molecule has 0 amide bonds. The number of halogens is 1. The van der Waals surface area contributed by atoms with Gasteiger partial charge < -0.3 is 0 Å². The van der Waals surface area contributed by atoms with E-state index in [0.29, 0.717) is 0 Å². The number of imidazole rings is 1. The van der Waals surface area contributed by atoms with Gasteiger partial charge in [-0.15, -0.1) is 0 Å². The van der Waals surface area contributed by atoms with Crippen molar-refractivity contribution in [1.29, 1.82) is 5.26 Å². The number of rotatable bonds is 3. The first-order chi connectivity index (χ1) is 12.2. The van der Waals surface area contributed by atoms with Crippen LogP contribution in [0.15, 0.2) is 24.3 Å². The molecule has 0 saturated heterocycles. The van der Waals surface area contributed by atoms with Crippen LogP contribution in [-0.2, 0) is 10.2 Å². The van der Waals surface area contributed by atoms with Gasteiger partial charge in [-0.25, -0.2) is 4.98 Å². The zero-order valence-electron chi connectivity index (χ0n) is 16.7. The maximum atomic E-state index is 13.0. The third-order valence-electron chi connectivity index (χ3n) is 2.68. The van der Waals surface area contributed by atoms with Crippen LogP contribution < -0.4 is 0 Å². The molecule has 1 aromatic heterocycles. The van der Waals surface area contributed by atoms with Gasteiger partial charge in [-0.1, -0.05) is 41.4 Å². The summed E-state index contributed by atoms with van der Waals surface area (Å²) in [5, 5.41) is 8.85. The van der Waals surface area contributed by atoms with Crippen molar-refractivity contribution in [2.75, 3.05) is 14.0 Å². The van der Waals surface area contributed by atoms with Crippen molar-refractivity contribution >= 4 is 21.8 Å². The highest BCUT2D eigenvalue weighted by Crippen LogP contribution is 2.30. The number of nitriles is 1. The molecule has 1 aromatic carbocycles. The number of aryl methyl sites for hydroxylation is 1. The zero-order valence-corrected chi connectivity index (χ0v) is 12.3. The van der Waals surface area contributed by atoms with Gasteiger partial charge in [-0.3, -0.25) is 0 Å². The predicted molar refractivity (Wildman–Crippen MR) is 80.1 cm³/mol. The van der Waals surface area contributed by atoms with E-state index < -0.39 is 39.4 Å². The quantitative estimate of drug-likeness (QED) is 0.862. The van der Waals surface area contributed by atoms with Gasteiger partial charge in [-0.2, -0.15) is 22.0 Å². The summed E-state index contributed by atoms with van der Waals surface area (Å²) in [7, 11) is -5.27. The van der Waals surface area contributed by atoms with Gasteiger partial charge >= 0.3 is 10.2 Å². The van der Waals surface area contributed by atoms with Crippen molar-refractivity contribution < 1.29 is 16.6 Å². The summed E-state index contributed by atoms with van der Waals surface area (Å²) in [6, 6.07) is 7.73. The molecule has 2 aromatic rings. The summed E-state index contributed by atoms with van der Waals surface area (Å²) in [4.78, 5) is 3.63. The van der Waals surface area contributed by atoms with E-state index in [1.807, 2.05) is 0 Å². The molecule has 1 heterocycles. The Bertz CT molecular complexity index is 992. The lowest BCUT2D eigenvalue weighted by Gasteiger charge is -2.15. The molecule has 0 fully saturated rings. The Morgan fingerprint density at radius 1 is 1.38 bits per heavy atom. The van der Waals surface area contributed by atoms with E-state index in [1.54, 1.807) is 19.1 Å². The van der Waals surface area contributed by atoms with Crippen LogP contribution in [-0.4, -0.2) is 35.6 Å². The van der Waals surface area contributed by atoms with E-state index >= 15 is 0 Å². The molecule has 0 aliphatic carbocycles. The molecular formula is C13H13ClN4O2S. The molecule has 0 aliphatic rings. The molecule has 0 bridgehead atoms. The second kappa shape index (κ2) is 5.48. The highest BCUT2D eigenvalue weighted by atomic mass is 35.5. The van der Waals surface area contributed by atoms with Gasteiger partial charge in [0.15, 0.2) is 5.15 Å². The maximum absolute atomic E-state index is 13.0. The molecule has 0 aliphatic heterocycles. The topological polar surface area (TPSA) is 79.0 Å². The van der Waals surface area contributed by atoms with Crippen molar-refractivity contribution in [3.8, 4) is 17.3 Å². The number of hydrogen-bond acceptors (Lipinski definition) is 4. The van der Waals surface area contributed by atoms with E-state index in [4.69, 9.17) is 19.8 Å². The highest BCUT2D eigenvalue weighted by Gasteiger charge is 2.28. The second-order valence-electron chi connectivity index (χ2n) is 4.09. The Balaban J connectivity index is 2.88. The molecule has 0 N–H and O–H groups in total. The molecule has 0 radical (unpaired) electrons. The third kappa shape index (κ3) is 2.65. The van der Waals surface area contributed by atoms with E-state index in [2.05, 4.69) is 4.98 Å². The summed E-state index contributed by atoms with van der Waals surface area (Å²) in [6.45, 7) is -5.30. The summed E-state index contributed by atoms with van der Waals surface area (Å²) in [5.74, 6) is -0.769. The summed E-state index contributed by atoms with van der Waals surface area (Å²) < 4.78 is 69.8. The summed E-state index contributed by atoms with van der Waals surface area (Å²) in [5.41, 5.74) is 0.738. The molecule has 21 heavy (non-hydrogen) atoms. The van der Waals surface area contributed by atoms with Crippen LogP contribution in [0.3, 0.4) is 0 Å². The molecule has 0 atom stereocenters. The second-order valence-corrected chi connectivity index (χ2v) is 6.07. The standard InChI is InChI=1S/C13H13ClN4O2S/c1-9-4-6-10(7-5-9)12-13(14)16-11(8-15)18(12)21(19,20)17(2)3/h4-7H,1-3H3/i2D3,3D3. The van der Waals surface area contributed by atoms with E-state index in [0.717, 1.165) is 5.56 Å². The summed E-state index contributed by atoms with van der Waals surface area (Å²) >= 11 is 6.00. The SMILES string of the molecule is [2H]C([2H])([2H])N(C([2H])([2H])[2H])S(=O)(=O)n1c(C#N)nc(Cl)c1-c1ccc(C)cc1. The first-order valence-corrected chi connectivity index (χ1v) is 7.30. The molecular weight excluding hydrogens is 312 g/mol. The molecule has 2 rings (SSSR count). The fraction of sp³-hybridized carbons (Fsp3) is 0.231. The van der Waals surface area contributed by atoms with Gasteiger partial charge in [0.25, 0.3) is 0 Å². The monoisotopic (exact) mass is 330 g/mol. The summed E-state index contributed by atoms with van der Waals surface area (Å²) in [6.07, 6.45) is 0. The first kappa shape index (κ1) is 9.20. The normalized spacial score (nSPS) is 17.0. The Labute approximate surface area is 136 Å². The largest absolute Gasteiger partial charge is 0.309 e. The van der Waals surface area contributed by atoms with Gasteiger partial charge in [0, 0.05) is 27.7 Å². The number of hydrogen-bond donors (Lipinski definition) is 0. The van der Waals surface area contributed by atoms with Crippen molar-refractivity contribution in [1.82, 2.24) is 13.3 Å². The van der Waals surface area contributed by atoms with Gasteiger partial charge in [0.1, 0.15) is 11.8 Å². The van der Waals surface area contributed by atoms with Crippen LogP contribution in [0.2, 0.25) is 5.15 Å². The van der Waals surface area contributed by atoms with Crippen LogP contribution in [0.4, 0.5) is 0 Å². The van der Waals surface area contributed by atoms with Gasteiger partial charge in [-0.05, 0) is 6.92 Å². The Morgan fingerprint density at radius 3 is 2.52 bits per heavy atom. The minimum Gasteiger partial charge on any atom is -0.205 e. The minimum atomic E-state index is -5.27. The lowest BCUT2D eigenvalue weighted by atomic mass is 10.1. The maximum Gasteiger partial charge on any atom is 0.309 e. The van der Waals surface area contributed by atoms with Crippen molar-refractivity contribution in [2.45, 2.75) is 6.92 Å². The fourth-order valence-corrected chi connectivity index (χ4v) is 2.92. The Hall–Kier alpha value is -1.88. The number of benzene rings is 1. The number of nitrogens with zero attached hydrogens (tertiary/aromatic N) is 4. The smallest absolute Gasteiger partial charge is 0.205 e. The van der Waals surface area contributed by atoms with Crippen LogP contribution >= 0.6 is 11.6 Å². The molecule has 110 valence electrons. The predicted octanol–water partition coefficient (Wildman–Crippen LogP) is 2.04. The van der Waals surface area contributed by atoms with Crippen molar-refractivity contribution in [3.05, 3.63) is 40.8 Å². The van der Waals surface area contributed by atoms with Gasteiger partial charge in [0.05, 0.1) is 0 Å². The first-order valence-electron chi connectivity index (χ1n) is 8.52. The van der Waals surface area contributed by atoms with Crippen LogP contribution in [0, 0.1) is 18.3 Å². The lowest BCUT2D eigenvalue weighted by molar-refractivity contribution is 0.510. The number of aromatic nitrogens is 2. The van der Waals surface area contributed by atoms with E-state index in [1.165, 1.54) is 18.2 Å². The molecule has 6 nitrogen and oxygen atoms in total. The minimum absolute atomic E-state index is 0.208. The van der Waals surface area contributed by atoms with Crippen LogP contribution in [0.25, 0.3) is 11.3 Å². The average Bonchev–Trinajstić information content (AvgIpc) is 2.82. The van der Waals surface area contributed by atoms with Crippen molar-refractivity contribution in [2.24, 2.45) is 0 Å². The molecule has 0 spiro atoms. The molecule has 0 unspecified atom stereocenters. The fourth-order valence-electron chi connectivity index (χ4n) is 1.71. The van der Waals surface area contributed by atoms with Crippen LogP contribution in [0.1, 0.15) is 19.6 Å². The average molecular weight is 331 g/mol. The van der Waals surface area contributed by atoms with E-state index in [-0.39, 0.29) is 15.2 Å². The molecule has 8 heteroatoms. The van der Waals surface area contributed by atoms with E-state index in [9.17, 15) is 13.7 Å². The molecule has 0 saturated carbocycles. The third-order valence-corrected chi connectivity index (χ3v) is 4.22. The zero-order chi connectivity index (χ0) is 20.8. The van der Waals surface area contributed by atoms with Gasteiger partial charge in [0.2, 0.25) is 5.82 Å². The highest BCUT2D eigenvalue weighted by molar-refractivity contribution is 7.87.